The summed E-state index contributed by atoms with van der Waals surface area (Å²) in [5.74, 6) is -7.80. The van der Waals surface area contributed by atoms with Crippen molar-refractivity contribution in [3.63, 3.8) is 0 Å². The Kier molecular flexibility index (Phi) is 10.6. The maximum absolute atomic E-state index is 11.8. The van der Waals surface area contributed by atoms with E-state index in [2.05, 4.69) is 51.1 Å². The monoisotopic (exact) mass is 808 g/mol. The largest absolute Gasteiger partial charge is 0.478 e. The maximum atomic E-state index is 11.8. The summed E-state index contributed by atoms with van der Waals surface area (Å²) in [6.45, 7) is 5.46. The van der Waals surface area contributed by atoms with Gasteiger partial charge in [-0.2, -0.15) is 24.7 Å². The SMILES string of the molecule is CC(C)(C)c1nn(-c2nc(Nc3cc(C(=O)O)cc(C(=O)O)c3)nc(Nc3cc(C(=O)O)cc(C(=O)O)c3)n2)c(N)c1N=Nc1nnc(-c2ccc(C(=O)O)cc2)s1. The summed E-state index contributed by atoms with van der Waals surface area (Å²) < 4.78 is 1.09. The number of nitrogens with one attached hydrogen (secondary N) is 2. The van der Waals surface area contributed by atoms with Crippen LogP contribution in [0.2, 0.25) is 0 Å². The van der Waals surface area contributed by atoms with Crippen molar-refractivity contribution in [2.75, 3.05) is 16.4 Å². The molecule has 0 saturated heterocycles. The van der Waals surface area contributed by atoms with E-state index in [-0.39, 0.29) is 73.7 Å². The lowest BCUT2D eigenvalue weighted by atomic mass is 9.91. The highest BCUT2D eigenvalue weighted by Crippen LogP contribution is 2.38. The molecule has 0 unspecified atom stereocenters. The van der Waals surface area contributed by atoms with Gasteiger partial charge in [0.05, 0.1) is 33.5 Å². The first-order chi connectivity index (χ1) is 27.4. The molecule has 6 rings (SSSR count). The van der Waals surface area contributed by atoms with E-state index < -0.39 is 35.3 Å². The Hall–Kier alpha value is -8.21. The second-order valence-electron chi connectivity index (χ2n) is 13.1. The van der Waals surface area contributed by atoms with Crippen molar-refractivity contribution >= 4 is 81.1 Å². The molecule has 0 aliphatic carbocycles. The van der Waals surface area contributed by atoms with Crippen molar-refractivity contribution < 1.29 is 49.5 Å². The van der Waals surface area contributed by atoms with E-state index in [9.17, 15) is 49.5 Å². The van der Waals surface area contributed by atoms with Crippen LogP contribution in [-0.4, -0.2) is 90.3 Å². The van der Waals surface area contributed by atoms with Gasteiger partial charge >= 0.3 is 29.8 Å². The third-order valence-electron chi connectivity index (χ3n) is 7.81. The fraction of sp³-hybridized carbons (Fsp3) is 0.114. The van der Waals surface area contributed by atoms with Gasteiger partial charge in [-0.1, -0.05) is 44.2 Å². The molecule has 0 aliphatic rings. The summed E-state index contributed by atoms with van der Waals surface area (Å²) in [6.07, 6.45) is 0. The lowest BCUT2D eigenvalue weighted by molar-refractivity contribution is 0.0676. The number of carboxylic acids is 5. The number of hydrogen-bond donors (Lipinski definition) is 8. The van der Waals surface area contributed by atoms with E-state index in [1.807, 2.05) is 20.8 Å². The zero-order valence-corrected chi connectivity index (χ0v) is 30.9. The van der Waals surface area contributed by atoms with E-state index in [4.69, 9.17) is 5.73 Å². The first-order valence-electron chi connectivity index (χ1n) is 16.4. The highest BCUT2D eigenvalue weighted by molar-refractivity contribution is 7.18. The molecular weight excluding hydrogens is 781 g/mol. The second-order valence-corrected chi connectivity index (χ2v) is 14.0. The third kappa shape index (κ3) is 8.68. The number of carboxylic acid groups (broad SMARTS) is 5. The number of rotatable bonds is 13. The van der Waals surface area contributed by atoms with E-state index in [0.29, 0.717) is 16.3 Å². The molecule has 0 radical (unpaired) electrons. The lowest BCUT2D eigenvalue weighted by Crippen LogP contribution is -2.15. The molecule has 58 heavy (non-hydrogen) atoms. The van der Waals surface area contributed by atoms with Crippen LogP contribution in [0.25, 0.3) is 16.5 Å². The smallest absolute Gasteiger partial charge is 0.335 e. The minimum Gasteiger partial charge on any atom is -0.478 e. The molecule has 9 N–H and O–H groups in total. The Labute approximate surface area is 328 Å². The Balaban J connectivity index is 1.45. The molecule has 3 aromatic carbocycles. The minimum absolute atomic E-state index is 0.0611. The van der Waals surface area contributed by atoms with Gasteiger partial charge in [-0.3, -0.25) is 0 Å². The van der Waals surface area contributed by atoms with E-state index >= 15 is 0 Å². The number of azo groups is 1. The zero-order valence-electron chi connectivity index (χ0n) is 30.1. The first kappa shape index (κ1) is 39.5. The van der Waals surface area contributed by atoms with Gasteiger partial charge in [0.15, 0.2) is 11.5 Å². The molecule has 0 fully saturated rings. The van der Waals surface area contributed by atoms with Gasteiger partial charge in [-0.05, 0) is 48.5 Å². The Morgan fingerprint density at radius 3 is 1.55 bits per heavy atom. The third-order valence-corrected chi connectivity index (χ3v) is 8.67. The van der Waals surface area contributed by atoms with Crippen LogP contribution >= 0.6 is 11.3 Å². The number of hydrogen-bond acceptors (Lipinski definition) is 17. The summed E-state index contributed by atoms with van der Waals surface area (Å²) in [5.41, 5.74) is 5.36. The average Bonchev–Trinajstić information content (AvgIpc) is 3.77. The van der Waals surface area contributed by atoms with Gasteiger partial charge in [-0.25, -0.2) is 24.0 Å². The van der Waals surface area contributed by atoms with Crippen LogP contribution in [0.15, 0.2) is 70.9 Å². The number of aromatic carboxylic acids is 5. The highest BCUT2D eigenvalue weighted by Gasteiger charge is 2.28. The van der Waals surface area contributed by atoms with Crippen molar-refractivity contribution in [2.45, 2.75) is 26.2 Å². The van der Waals surface area contributed by atoms with Gasteiger partial charge in [0, 0.05) is 22.4 Å². The second kappa shape index (κ2) is 15.5. The quantitative estimate of drug-likeness (QED) is 0.0634. The molecule has 0 spiro atoms. The molecule has 0 aliphatic heterocycles. The van der Waals surface area contributed by atoms with Gasteiger partial charge in [0.25, 0.3) is 11.1 Å². The predicted molar refractivity (Wildman–Crippen MR) is 204 cm³/mol. The molecule has 0 saturated carbocycles. The first-order valence-corrected chi connectivity index (χ1v) is 17.2. The lowest BCUT2D eigenvalue weighted by Gasteiger charge is -2.15. The Morgan fingerprint density at radius 1 is 0.655 bits per heavy atom. The van der Waals surface area contributed by atoms with Gasteiger partial charge in [-0.15, -0.1) is 20.4 Å². The van der Waals surface area contributed by atoms with Crippen LogP contribution in [-0.2, 0) is 5.41 Å². The normalized spacial score (nSPS) is 11.4. The molecule has 0 amide bonds. The van der Waals surface area contributed by atoms with E-state index in [0.717, 1.165) is 52.4 Å². The Bertz CT molecular complexity index is 2530. The fourth-order valence-corrected chi connectivity index (χ4v) is 5.79. The summed E-state index contributed by atoms with van der Waals surface area (Å²) in [4.78, 5) is 71.5. The van der Waals surface area contributed by atoms with Gasteiger partial charge < -0.3 is 41.9 Å². The van der Waals surface area contributed by atoms with Crippen LogP contribution in [0.5, 0.6) is 0 Å². The molecule has 23 heteroatoms. The van der Waals surface area contributed by atoms with Crippen molar-refractivity contribution in [2.24, 2.45) is 10.2 Å². The number of nitrogens with two attached hydrogens (primary N) is 1. The van der Waals surface area contributed by atoms with Crippen molar-refractivity contribution in [1.82, 2.24) is 34.9 Å². The molecule has 0 bridgehead atoms. The summed E-state index contributed by atoms with van der Waals surface area (Å²) in [7, 11) is 0. The number of carbonyl (C=O) groups is 5. The number of aromatic nitrogens is 7. The van der Waals surface area contributed by atoms with Crippen molar-refractivity contribution in [3.05, 3.63) is 94.2 Å². The number of nitrogen functional groups attached to an aromatic ring is 1. The zero-order chi connectivity index (χ0) is 42.1. The van der Waals surface area contributed by atoms with Gasteiger partial charge in [0.1, 0.15) is 5.01 Å². The molecule has 3 aromatic heterocycles. The van der Waals surface area contributed by atoms with Crippen LogP contribution in [0, 0.1) is 0 Å². The summed E-state index contributed by atoms with van der Waals surface area (Å²) in [6, 6.07) is 12.4. The Morgan fingerprint density at radius 2 is 1.12 bits per heavy atom. The van der Waals surface area contributed by atoms with Crippen LogP contribution in [0.3, 0.4) is 0 Å². The molecule has 294 valence electrons. The van der Waals surface area contributed by atoms with E-state index in [1.165, 1.54) is 12.1 Å². The maximum Gasteiger partial charge on any atom is 0.335 e. The molecule has 3 heterocycles. The summed E-state index contributed by atoms with van der Waals surface area (Å²) >= 11 is 1.06. The minimum atomic E-state index is -1.42. The highest BCUT2D eigenvalue weighted by atomic mass is 32.1. The average molecular weight is 809 g/mol. The van der Waals surface area contributed by atoms with Gasteiger partial charge in [0.2, 0.25) is 11.9 Å². The van der Waals surface area contributed by atoms with Crippen LogP contribution < -0.4 is 16.4 Å². The molecular formula is C35H28N12O10S. The molecule has 0 atom stereocenters. The number of nitrogens with zero attached hydrogens (tertiary/aromatic N) is 9. The van der Waals surface area contributed by atoms with Crippen LogP contribution in [0.1, 0.15) is 78.3 Å². The number of anilines is 5. The standard InChI is InChI=1S/C35H28N12O10S/c1-35(2,3)23-22(42-44-34-45-43-25(58-34)14-4-6-15(7-5-14)26(48)49)24(36)47(46-23)33-40-31(37-20-10-16(27(50)51)8-17(11-20)28(52)53)39-32(41-33)38-21-12-18(29(54)55)9-19(13-21)30(56)57/h4-13H,36H2,1-3H3,(H,48,49)(H,50,51)(H,52,53)(H,54,55)(H,56,57)(H2,37,38,39,40,41). The van der Waals surface area contributed by atoms with E-state index in [1.54, 1.807) is 12.1 Å². The molecule has 22 nitrogen and oxygen atoms in total. The molecule has 6 aromatic rings. The number of benzene rings is 3. The predicted octanol–water partition coefficient (Wildman–Crippen LogP) is 5.85. The fourth-order valence-electron chi connectivity index (χ4n) is 5.12. The van der Waals surface area contributed by atoms with Crippen molar-refractivity contribution in [1.29, 1.82) is 0 Å². The topological polar surface area (TPSA) is 344 Å². The van der Waals surface area contributed by atoms with Crippen LogP contribution in [0.4, 0.5) is 39.9 Å². The summed E-state index contributed by atoms with van der Waals surface area (Å²) in [5, 5.41) is 75.0. The van der Waals surface area contributed by atoms with Crippen molar-refractivity contribution in [3.8, 4) is 16.5 Å².